The molecule has 0 saturated heterocycles. The van der Waals surface area contributed by atoms with Gasteiger partial charge in [-0.2, -0.15) is 0 Å². The second kappa shape index (κ2) is 5.19. The van der Waals surface area contributed by atoms with Crippen molar-refractivity contribution >= 4 is 0 Å². The Kier molecular flexibility index (Phi) is 3.69. The second-order valence-electron chi connectivity index (χ2n) is 9.84. The first-order chi connectivity index (χ1) is 10.8. The van der Waals surface area contributed by atoms with Gasteiger partial charge in [0.1, 0.15) is 0 Å². The predicted octanol–water partition coefficient (Wildman–Crippen LogP) is 3.08. The van der Waals surface area contributed by atoms with E-state index in [2.05, 4.69) is 13.8 Å². The number of hydrogen-bond acceptors (Lipinski definition) is 3. The van der Waals surface area contributed by atoms with E-state index in [9.17, 15) is 10.2 Å². The first kappa shape index (κ1) is 16.4. The molecule has 4 fully saturated rings. The SMILES string of the molecule is C[C@]12CC[C@H](O)C[C@H]1CC[C@@H]1[C@@H]2CC[C@]2(C)[C@@H](CO)CC[C@]12N. The monoisotopic (exact) mass is 321 g/mol. The summed E-state index contributed by atoms with van der Waals surface area (Å²) in [7, 11) is 0. The maximum Gasteiger partial charge on any atom is 0.0543 e. The van der Waals surface area contributed by atoms with Crippen LogP contribution in [0.1, 0.15) is 71.6 Å². The lowest BCUT2D eigenvalue weighted by Crippen LogP contribution is -2.66. The zero-order valence-corrected chi connectivity index (χ0v) is 14.9. The van der Waals surface area contributed by atoms with Crippen LogP contribution in [0.5, 0.6) is 0 Å². The minimum Gasteiger partial charge on any atom is -0.396 e. The van der Waals surface area contributed by atoms with Crippen LogP contribution in [0.2, 0.25) is 0 Å². The molecule has 4 aliphatic rings. The lowest BCUT2D eigenvalue weighted by molar-refractivity contribution is -0.137. The molecule has 4 N–H and O–H groups in total. The molecule has 0 radical (unpaired) electrons. The molecule has 3 nitrogen and oxygen atoms in total. The second-order valence-corrected chi connectivity index (χ2v) is 9.84. The van der Waals surface area contributed by atoms with Gasteiger partial charge in [0.25, 0.3) is 0 Å². The number of nitrogens with two attached hydrogens (primary N) is 1. The molecule has 23 heavy (non-hydrogen) atoms. The Labute approximate surface area is 141 Å². The minimum atomic E-state index is -0.0760. The van der Waals surface area contributed by atoms with E-state index in [0.29, 0.717) is 29.8 Å². The molecular formula is C20H35NO2. The summed E-state index contributed by atoms with van der Waals surface area (Å²) in [5.74, 6) is 2.43. The Morgan fingerprint density at radius 2 is 1.74 bits per heavy atom. The van der Waals surface area contributed by atoms with Crippen molar-refractivity contribution in [2.75, 3.05) is 6.61 Å². The molecule has 8 atom stereocenters. The lowest BCUT2D eigenvalue weighted by atomic mass is 9.42. The third-order valence-electron chi connectivity index (χ3n) is 9.39. The fourth-order valence-electron chi connectivity index (χ4n) is 7.71. The van der Waals surface area contributed by atoms with E-state index in [1.54, 1.807) is 0 Å². The van der Waals surface area contributed by atoms with Crippen LogP contribution in [-0.4, -0.2) is 28.5 Å². The summed E-state index contributed by atoms with van der Waals surface area (Å²) < 4.78 is 0. The zero-order valence-electron chi connectivity index (χ0n) is 14.9. The Bertz CT molecular complexity index is 482. The van der Waals surface area contributed by atoms with Gasteiger partial charge in [-0.05, 0) is 92.3 Å². The summed E-state index contributed by atoms with van der Waals surface area (Å²) in [5.41, 5.74) is 7.60. The van der Waals surface area contributed by atoms with Gasteiger partial charge in [0.05, 0.1) is 6.10 Å². The molecule has 4 saturated carbocycles. The van der Waals surface area contributed by atoms with Crippen molar-refractivity contribution in [3.05, 3.63) is 0 Å². The van der Waals surface area contributed by atoms with Gasteiger partial charge in [-0.15, -0.1) is 0 Å². The molecule has 0 aromatic rings. The van der Waals surface area contributed by atoms with E-state index < -0.39 is 0 Å². The zero-order chi connectivity index (χ0) is 16.5. The smallest absolute Gasteiger partial charge is 0.0543 e. The Balaban J connectivity index is 1.67. The van der Waals surface area contributed by atoms with Crippen LogP contribution in [0.25, 0.3) is 0 Å². The van der Waals surface area contributed by atoms with Crippen LogP contribution in [0.4, 0.5) is 0 Å². The van der Waals surface area contributed by atoms with E-state index >= 15 is 0 Å². The van der Waals surface area contributed by atoms with Gasteiger partial charge in [0.2, 0.25) is 0 Å². The van der Waals surface area contributed by atoms with Gasteiger partial charge in [0.15, 0.2) is 0 Å². The third-order valence-corrected chi connectivity index (χ3v) is 9.39. The fraction of sp³-hybridized carbons (Fsp3) is 1.00. The van der Waals surface area contributed by atoms with Gasteiger partial charge in [-0.25, -0.2) is 0 Å². The van der Waals surface area contributed by atoms with Crippen molar-refractivity contribution in [2.24, 2.45) is 40.2 Å². The third kappa shape index (κ3) is 1.99. The van der Waals surface area contributed by atoms with E-state index in [0.717, 1.165) is 31.6 Å². The van der Waals surface area contributed by atoms with E-state index in [4.69, 9.17) is 5.73 Å². The summed E-state index contributed by atoms with van der Waals surface area (Å²) >= 11 is 0. The summed E-state index contributed by atoms with van der Waals surface area (Å²) in [6, 6.07) is 0. The first-order valence-corrected chi connectivity index (χ1v) is 9.93. The van der Waals surface area contributed by atoms with Crippen LogP contribution in [0, 0.1) is 34.5 Å². The van der Waals surface area contributed by atoms with Crippen molar-refractivity contribution < 1.29 is 10.2 Å². The average Bonchev–Trinajstić information content (AvgIpc) is 2.79. The molecule has 4 rings (SSSR count). The number of hydrogen-bond donors (Lipinski definition) is 3. The van der Waals surface area contributed by atoms with Crippen LogP contribution in [-0.2, 0) is 0 Å². The Hall–Kier alpha value is -0.120. The Morgan fingerprint density at radius 3 is 2.48 bits per heavy atom. The number of aliphatic hydroxyl groups is 2. The topological polar surface area (TPSA) is 66.5 Å². The molecule has 0 aliphatic heterocycles. The number of rotatable bonds is 1. The standard InChI is InChI=1S/C20H35NO2/c1-18-8-6-15(23)11-13(18)3-4-17-16(18)7-9-19(2)14(12-22)5-10-20(17,19)21/h13-17,22-23H,3-12,21H2,1-2H3/t13-,14-,15+,16+,17-,18+,19-,20+/m1/s1. The first-order valence-electron chi connectivity index (χ1n) is 9.93. The molecule has 0 aromatic carbocycles. The van der Waals surface area contributed by atoms with Crippen LogP contribution >= 0.6 is 0 Å². The maximum atomic E-state index is 10.1. The van der Waals surface area contributed by atoms with Crippen molar-refractivity contribution in [1.82, 2.24) is 0 Å². The molecule has 132 valence electrons. The van der Waals surface area contributed by atoms with Gasteiger partial charge in [0, 0.05) is 12.1 Å². The lowest BCUT2D eigenvalue weighted by Gasteiger charge is -2.64. The van der Waals surface area contributed by atoms with Crippen LogP contribution in [0.3, 0.4) is 0 Å². The molecule has 0 amide bonds. The summed E-state index contributed by atoms with van der Waals surface area (Å²) in [4.78, 5) is 0. The quantitative estimate of drug-likeness (QED) is 0.695. The van der Waals surface area contributed by atoms with Gasteiger partial charge < -0.3 is 15.9 Å². The number of aliphatic hydroxyl groups excluding tert-OH is 2. The molecule has 0 aromatic heterocycles. The van der Waals surface area contributed by atoms with Gasteiger partial charge >= 0.3 is 0 Å². The molecule has 4 aliphatic carbocycles. The summed E-state index contributed by atoms with van der Waals surface area (Å²) in [5, 5.41) is 20.0. The molecule has 0 unspecified atom stereocenters. The largest absolute Gasteiger partial charge is 0.396 e. The van der Waals surface area contributed by atoms with E-state index in [1.165, 1.54) is 32.1 Å². The van der Waals surface area contributed by atoms with Crippen molar-refractivity contribution in [1.29, 1.82) is 0 Å². The predicted molar refractivity (Wildman–Crippen MR) is 91.7 cm³/mol. The van der Waals surface area contributed by atoms with Gasteiger partial charge in [-0.3, -0.25) is 0 Å². The molecule has 3 heteroatoms. The van der Waals surface area contributed by atoms with Crippen LogP contribution in [0.15, 0.2) is 0 Å². The van der Waals surface area contributed by atoms with Crippen LogP contribution < -0.4 is 5.73 Å². The highest BCUT2D eigenvalue weighted by Gasteiger charge is 2.65. The normalized spacial score (nSPS) is 59.1. The highest BCUT2D eigenvalue weighted by Crippen LogP contribution is 2.68. The highest BCUT2D eigenvalue weighted by molar-refractivity contribution is 5.18. The molecule has 0 bridgehead atoms. The molecule has 0 spiro atoms. The van der Waals surface area contributed by atoms with Crippen molar-refractivity contribution in [3.63, 3.8) is 0 Å². The summed E-state index contributed by atoms with van der Waals surface area (Å²) in [6.45, 7) is 5.18. The van der Waals surface area contributed by atoms with E-state index in [-0.39, 0.29) is 17.1 Å². The maximum absolute atomic E-state index is 10.1. The van der Waals surface area contributed by atoms with E-state index in [1.807, 2.05) is 0 Å². The molecule has 0 heterocycles. The average molecular weight is 322 g/mol. The van der Waals surface area contributed by atoms with Gasteiger partial charge in [-0.1, -0.05) is 13.8 Å². The molecular weight excluding hydrogens is 286 g/mol. The summed E-state index contributed by atoms with van der Waals surface area (Å²) in [6.07, 6.45) is 10.2. The fourth-order valence-corrected chi connectivity index (χ4v) is 7.71. The number of fused-ring (bicyclic) bond motifs is 5. The highest BCUT2D eigenvalue weighted by atomic mass is 16.3. The van der Waals surface area contributed by atoms with Crippen molar-refractivity contribution in [2.45, 2.75) is 83.3 Å². The Morgan fingerprint density at radius 1 is 0.957 bits per heavy atom. The van der Waals surface area contributed by atoms with Crippen molar-refractivity contribution in [3.8, 4) is 0 Å². The minimum absolute atomic E-state index is 0.0735.